The van der Waals surface area contributed by atoms with Crippen LogP contribution in [0.15, 0.2) is 60.7 Å². The summed E-state index contributed by atoms with van der Waals surface area (Å²) >= 11 is 0. The molecule has 0 spiro atoms. The number of carbonyl (C=O) groups excluding carboxylic acids is 3. The van der Waals surface area contributed by atoms with Gasteiger partial charge in [0.25, 0.3) is 5.91 Å². The van der Waals surface area contributed by atoms with E-state index in [1.807, 2.05) is 19.1 Å². The maximum absolute atomic E-state index is 13.2. The Morgan fingerprint density at radius 2 is 1.69 bits per heavy atom. The van der Waals surface area contributed by atoms with Crippen LogP contribution in [0.3, 0.4) is 0 Å². The Bertz CT molecular complexity index is 1040. The fourth-order valence-electron chi connectivity index (χ4n) is 3.52. The average molecular weight is 436 g/mol. The first kappa shape index (κ1) is 22.7. The number of hydrogen-bond acceptors (Lipinski definition) is 5. The molecule has 1 heterocycles. The molecule has 3 amide bonds. The average Bonchev–Trinajstić information content (AvgIpc) is 3.09. The standard InChI is InChI=1S/C24H24N2O6/c1-3-16-4-8-18(9-5-16)26-22(28)14-20(24(26)31)25(21(27)12-13-23(29)30)15-17-6-10-19(32-2)11-7-17/h4-13,20H,3,14-15H2,1-2H3,(H,29,30)/b13-12+/t20-/m0/s1. The number of benzene rings is 2. The highest BCUT2D eigenvalue weighted by atomic mass is 16.5. The van der Waals surface area contributed by atoms with Crippen LogP contribution in [0.4, 0.5) is 5.69 Å². The molecule has 8 heteroatoms. The first-order chi connectivity index (χ1) is 15.3. The highest BCUT2D eigenvalue weighted by Crippen LogP contribution is 2.27. The molecule has 2 aromatic rings. The fraction of sp³-hybridized carbons (Fsp3) is 0.250. The molecule has 0 bridgehead atoms. The molecule has 1 aliphatic heterocycles. The molecule has 32 heavy (non-hydrogen) atoms. The number of amides is 3. The van der Waals surface area contributed by atoms with Crippen molar-refractivity contribution in [3.63, 3.8) is 0 Å². The van der Waals surface area contributed by atoms with Crippen molar-refractivity contribution < 1.29 is 29.0 Å². The van der Waals surface area contributed by atoms with Crippen LogP contribution in [0.2, 0.25) is 0 Å². The molecule has 0 radical (unpaired) electrons. The van der Waals surface area contributed by atoms with Gasteiger partial charge in [0.15, 0.2) is 0 Å². The van der Waals surface area contributed by atoms with Crippen LogP contribution in [0.1, 0.15) is 24.5 Å². The third-order valence-electron chi connectivity index (χ3n) is 5.27. The SMILES string of the molecule is CCc1ccc(N2C(=O)C[C@H](N(Cc3ccc(OC)cc3)C(=O)/C=C/C(=O)O)C2=O)cc1. The second kappa shape index (κ2) is 9.91. The molecule has 166 valence electrons. The molecule has 1 N–H and O–H groups in total. The first-order valence-electron chi connectivity index (χ1n) is 10.1. The van der Waals surface area contributed by atoms with Crippen LogP contribution in [0, 0.1) is 0 Å². The van der Waals surface area contributed by atoms with E-state index in [4.69, 9.17) is 9.84 Å². The Morgan fingerprint density at radius 3 is 2.25 bits per heavy atom. The van der Waals surface area contributed by atoms with Gasteiger partial charge in [-0.15, -0.1) is 0 Å². The van der Waals surface area contributed by atoms with E-state index >= 15 is 0 Å². The number of anilines is 1. The predicted octanol–water partition coefficient (Wildman–Crippen LogP) is 2.56. The van der Waals surface area contributed by atoms with Gasteiger partial charge in [0.1, 0.15) is 11.8 Å². The predicted molar refractivity (Wildman–Crippen MR) is 117 cm³/mol. The Hall–Kier alpha value is -3.94. The summed E-state index contributed by atoms with van der Waals surface area (Å²) < 4.78 is 5.13. The van der Waals surface area contributed by atoms with Gasteiger partial charge >= 0.3 is 5.97 Å². The third-order valence-corrected chi connectivity index (χ3v) is 5.27. The Kier molecular flexibility index (Phi) is 7.04. The summed E-state index contributed by atoms with van der Waals surface area (Å²) in [6.45, 7) is 2.03. The summed E-state index contributed by atoms with van der Waals surface area (Å²) in [5.41, 5.74) is 2.21. The third kappa shape index (κ3) is 5.03. The maximum Gasteiger partial charge on any atom is 0.328 e. The number of carboxylic acid groups (broad SMARTS) is 1. The van der Waals surface area contributed by atoms with Crippen molar-refractivity contribution in [3.05, 3.63) is 71.8 Å². The van der Waals surface area contributed by atoms with Crippen molar-refractivity contribution in [2.45, 2.75) is 32.4 Å². The number of ether oxygens (including phenoxy) is 1. The summed E-state index contributed by atoms with van der Waals surface area (Å²) in [5, 5.41) is 8.88. The van der Waals surface area contributed by atoms with Crippen molar-refractivity contribution in [1.29, 1.82) is 0 Å². The summed E-state index contributed by atoms with van der Waals surface area (Å²) in [6, 6.07) is 13.0. The van der Waals surface area contributed by atoms with Crippen LogP contribution in [-0.2, 0) is 32.1 Å². The number of carboxylic acids is 1. The minimum atomic E-state index is -1.28. The first-order valence-corrected chi connectivity index (χ1v) is 10.1. The lowest BCUT2D eigenvalue weighted by atomic mass is 10.1. The van der Waals surface area contributed by atoms with Gasteiger partial charge in [0.05, 0.1) is 19.2 Å². The quantitative estimate of drug-likeness (QED) is 0.504. The number of methoxy groups -OCH3 is 1. The maximum atomic E-state index is 13.2. The molecule has 1 atom stereocenters. The van der Waals surface area contributed by atoms with E-state index in [-0.39, 0.29) is 13.0 Å². The molecular weight excluding hydrogens is 412 g/mol. The lowest BCUT2D eigenvalue weighted by Crippen LogP contribution is -2.44. The zero-order valence-electron chi connectivity index (χ0n) is 17.9. The van der Waals surface area contributed by atoms with Gasteiger partial charge in [0, 0.05) is 18.7 Å². The lowest BCUT2D eigenvalue weighted by molar-refractivity contribution is -0.135. The van der Waals surface area contributed by atoms with Gasteiger partial charge in [0.2, 0.25) is 11.8 Å². The molecule has 1 fully saturated rings. The van der Waals surface area contributed by atoms with Crippen LogP contribution in [0.25, 0.3) is 0 Å². The molecule has 0 saturated carbocycles. The monoisotopic (exact) mass is 436 g/mol. The highest BCUT2D eigenvalue weighted by molar-refractivity contribution is 6.23. The van der Waals surface area contributed by atoms with Crippen LogP contribution in [-0.4, -0.2) is 46.8 Å². The second-order valence-electron chi connectivity index (χ2n) is 7.29. The number of hydrogen-bond donors (Lipinski definition) is 1. The number of aryl methyl sites for hydroxylation is 1. The number of nitrogens with zero attached hydrogens (tertiary/aromatic N) is 2. The van der Waals surface area contributed by atoms with Crippen molar-refractivity contribution in [3.8, 4) is 5.75 Å². The molecule has 0 aromatic heterocycles. The van der Waals surface area contributed by atoms with Crippen molar-refractivity contribution in [2.75, 3.05) is 12.0 Å². The van der Waals surface area contributed by atoms with Crippen LogP contribution in [0.5, 0.6) is 5.75 Å². The zero-order chi connectivity index (χ0) is 23.3. The van der Waals surface area contributed by atoms with Gasteiger partial charge in [-0.1, -0.05) is 31.2 Å². The number of aliphatic carboxylic acids is 1. The largest absolute Gasteiger partial charge is 0.497 e. The van der Waals surface area contributed by atoms with E-state index in [9.17, 15) is 19.2 Å². The molecule has 0 unspecified atom stereocenters. The molecule has 1 saturated heterocycles. The Balaban J connectivity index is 1.90. The summed E-state index contributed by atoms with van der Waals surface area (Å²) in [4.78, 5) is 51.9. The molecule has 0 aliphatic carbocycles. The van der Waals surface area contributed by atoms with E-state index in [1.54, 1.807) is 36.4 Å². The van der Waals surface area contributed by atoms with Crippen molar-refractivity contribution >= 4 is 29.4 Å². The van der Waals surface area contributed by atoms with Crippen LogP contribution >= 0.6 is 0 Å². The topological polar surface area (TPSA) is 104 Å². The van der Waals surface area contributed by atoms with Gasteiger partial charge in [-0.25, -0.2) is 9.69 Å². The number of carbonyl (C=O) groups is 4. The number of rotatable bonds is 8. The Morgan fingerprint density at radius 1 is 1.06 bits per heavy atom. The van der Waals surface area contributed by atoms with Gasteiger partial charge in [-0.3, -0.25) is 14.4 Å². The molecule has 8 nitrogen and oxygen atoms in total. The molecule has 3 rings (SSSR count). The minimum Gasteiger partial charge on any atom is -0.497 e. The fourth-order valence-corrected chi connectivity index (χ4v) is 3.52. The number of imide groups is 1. The zero-order valence-corrected chi connectivity index (χ0v) is 17.9. The Labute approximate surface area is 185 Å². The van der Waals surface area contributed by atoms with Gasteiger partial charge in [-0.2, -0.15) is 0 Å². The van der Waals surface area contributed by atoms with Crippen LogP contribution < -0.4 is 9.64 Å². The molecular formula is C24H24N2O6. The highest BCUT2D eigenvalue weighted by Gasteiger charge is 2.44. The summed E-state index contributed by atoms with van der Waals surface area (Å²) in [7, 11) is 1.53. The lowest BCUT2D eigenvalue weighted by Gasteiger charge is -2.27. The van der Waals surface area contributed by atoms with Crippen molar-refractivity contribution in [1.82, 2.24) is 4.90 Å². The van der Waals surface area contributed by atoms with Crippen molar-refractivity contribution in [2.24, 2.45) is 0 Å². The second-order valence-corrected chi connectivity index (χ2v) is 7.29. The smallest absolute Gasteiger partial charge is 0.328 e. The molecule has 1 aliphatic rings. The molecule has 2 aromatic carbocycles. The van der Waals surface area contributed by atoms with E-state index in [0.29, 0.717) is 23.1 Å². The minimum absolute atomic E-state index is 0.0269. The normalized spacial score (nSPS) is 15.9. The summed E-state index contributed by atoms with van der Waals surface area (Å²) in [5.74, 6) is -2.26. The van der Waals surface area contributed by atoms with E-state index in [2.05, 4.69) is 0 Å². The summed E-state index contributed by atoms with van der Waals surface area (Å²) in [6.07, 6.45) is 2.25. The van der Waals surface area contributed by atoms with E-state index in [0.717, 1.165) is 23.0 Å². The van der Waals surface area contributed by atoms with E-state index < -0.39 is 29.7 Å². The van der Waals surface area contributed by atoms with Gasteiger partial charge < -0.3 is 14.7 Å². The van der Waals surface area contributed by atoms with E-state index in [1.165, 1.54) is 12.0 Å². The van der Waals surface area contributed by atoms with Gasteiger partial charge in [-0.05, 0) is 41.8 Å².